The van der Waals surface area contributed by atoms with Crippen LogP contribution in [0.4, 0.5) is 5.69 Å². The molecule has 1 aliphatic carbocycles. The van der Waals surface area contributed by atoms with Crippen molar-refractivity contribution in [3.8, 4) is 0 Å². The fraction of sp³-hybridized carbons (Fsp3) is 0.176. The normalized spacial score (nSPS) is 25.0. The summed E-state index contributed by atoms with van der Waals surface area (Å²) in [5.74, 6) is -1.01. The Morgan fingerprint density at radius 1 is 1.27 bits per heavy atom. The molecule has 110 valence electrons. The zero-order valence-electron chi connectivity index (χ0n) is 11.5. The Bertz CT molecular complexity index is 832. The summed E-state index contributed by atoms with van der Waals surface area (Å²) in [4.78, 5) is 23.7. The van der Waals surface area contributed by atoms with E-state index >= 15 is 0 Å². The molecule has 4 nitrogen and oxygen atoms in total. The molecule has 0 saturated heterocycles. The van der Waals surface area contributed by atoms with Gasteiger partial charge in [0.05, 0.1) is 11.0 Å². The molecule has 1 heterocycles. The number of hydrogen-bond donors (Lipinski definition) is 2. The van der Waals surface area contributed by atoms with Gasteiger partial charge in [-0.15, -0.1) is 0 Å². The second-order valence-corrected chi connectivity index (χ2v) is 6.24. The van der Waals surface area contributed by atoms with E-state index in [0.717, 1.165) is 11.1 Å². The molecule has 22 heavy (non-hydrogen) atoms. The number of carbonyl (C=O) groups is 2. The number of rotatable bonds is 2. The fourth-order valence-electron chi connectivity index (χ4n) is 3.45. The Balaban J connectivity index is 1.81. The lowest BCUT2D eigenvalue weighted by Crippen LogP contribution is -2.21. The second kappa shape index (κ2) is 4.34. The van der Waals surface area contributed by atoms with Crippen molar-refractivity contribution in [2.45, 2.75) is 17.8 Å². The summed E-state index contributed by atoms with van der Waals surface area (Å²) in [6.45, 7) is 0. The highest BCUT2D eigenvalue weighted by Crippen LogP contribution is 2.65. The summed E-state index contributed by atoms with van der Waals surface area (Å²) in [6.07, 6.45) is 0.676. The smallest absolute Gasteiger partial charge is 0.335 e. The summed E-state index contributed by atoms with van der Waals surface area (Å²) >= 11 is 6.04. The van der Waals surface area contributed by atoms with Crippen LogP contribution in [0.25, 0.3) is 0 Å². The molecule has 2 aromatic rings. The standard InChI is InChI=1S/C17H12ClNO3/c18-11-3-1-2-9(6-11)13-8-17(13)12-7-10(15(20)21)4-5-14(12)19-16(17)22/h1-7,13H,8H2,(H,19,22)(H,20,21)/t13-,17+/m1/s1. The van der Waals surface area contributed by atoms with Crippen molar-refractivity contribution in [3.63, 3.8) is 0 Å². The van der Waals surface area contributed by atoms with E-state index in [0.29, 0.717) is 17.1 Å². The maximum absolute atomic E-state index is 12.5. The summed E-state index contributed by atoms with van der Waals surface area (Å²) in [7, 11) is 0. The molecule has 1 saturated carbocycles. The van der Waals surface area contributed by atoms with Gasteiger partial charge in [0.15, 0.2) is 0 Å². The molecule has 4 rings (SSSR count). The largest absolute Gasteiger partial charge is 0.478 e. The predicted octanol–water partition coefficient (Wildman–Crippen LogP) is 3.42. The maximum atomic E-state index is 12.5. The Morgan fingerprint density at radius 2 is 2.09 bits per heavy atom. The number of halogens is 1. The first-order chi connectivity index (χ1) is 10.5. The quantitative estimate of drug-likeness (QED) is 0.892. The Morgan fingerprint density at radius 3 is 2.82 bits per heavy atom. The lowest BCUT2D eigenvalue weighted by molar-refractivity contribution is -0.118. The molecule has 2 aliphatic rings. The molecule has 5 heteroatoms. The van der Waals surface area contributed by atoms with Gasteiger partial charge in [0.2, 0.25) is 5.91 Å². The lowest BCUT2D eigenvalue weighted by atomic mass is 9.91. The molecule has 2 atom stereocenters. The third-order valence-corrected chi connectivity index (χ3v) is 4.85. The van der Waals surface area contributed by atoms with Gasteiger partial charge in [-0.25, -0.2) is 4.79 Å². The maximum Gasteiger partial charge on any atom is 0.335 e. The van der Waals surface area contributed by atoms with Gasteiger partial charge >= 0.3 is 5.97 Å². The van der Waals surface area contributed by atoms with Gasteiger partial charge in [-0.3, -0.25) is 4.79 Å². The zero-order valence-corrected chi connectivity index (χ0v) is 12.2. The van der Waals surface area contributed by atoms with Crippen LogP contribution in [0, 0.1) is 0 Å². The van der Waals surface area contributed by atoms with E-state index < -0.39 is 11.4 Å². The van der Waals surface area contributed by atoms with Crippen molar-refractivity contribution in [2.75, 3.05) is 5.32 Å². The minimum absolute atomic E-state index is 0.0384. The molecule has 2 aromatic carbocycles. The van der Waals surface area contributed by atoms with E-state index in [9.17, 15) is 9.59 Å². The van der Waals surface area contributed by atoms with E-state index in [4.69, 9.17) is 16.7 Å². The molecular formula is C17H12ClNO3. The van der Waals surface area contributed by atoms with Crippen LogP contribution in [0.2, 0.25) is 5.02 Å². The third kappa shape index (κ3) is 1.70. The SMILES string of the molecule is O=C(O)c1ccc2c(c1)[C@]1(C[C@@H]1c1cccc(Cl)c1)C(=O)N2. The minimum atomic E-state index is -0.989. The summed E-state index contributed by atoms with van der Waals surface area (Å²) in [5.41, 5.74) is 2.05. The van der Waals surface area contributed by atoms with Crippen LogP contribution >= 0.6 is 11.6 Å². The van der Waals surface area contributed by atoms with Crippen LogP contribution in [0.3, 0.4) is 0 Å². The lowest BCUT2D eigenvalue weighted by Gasteiger charge is -2.09. The van der Waals surface area contributed by atoms with E-state index in [1.54, 1.807) is 18.2 Å². The average molecular weight is 314 g/mol. The number of amides is 1. The monoisotopic (exact) mass is 313 g/mol. The molecule has 0 radical (unpaired) electrons. The predicted molar refractivity (Wildman–Crippen MR) is 82.5 cm³/mol. The van der Waals surface area contributed by atoms with Crippen molar-refractivity contribution >= 4 is 29.2 Å². The van der Waals surface area contributed by atoms with Gasteiger partial charge in [-0.05, 0) is 47.9 Å². The number of anilines is 1. The molecule has 1 amide bonds. The molecule has 0 aromatic heterocycles. The average Bonchev–Trinajstić information content (AvgIpc) is 3.17. The van der Waals surface area contributed by atoms with Gasteiger partial charge in [0.25, 0.3) is 0 Å². The third-order valence-electron chi connectivity index (χ3n) is 4.61. The van der Waals surface area contributed by atoms with Gasteiger partial charge < -0.3 is 10.4 Å². The van der Waals surface area contributed by atoms with Crippen molar-refractivity contribution in [3.05, 3.63) is 64.2 Å². The van der Waals surface area contributed by atoms with Crippen molar-refractivity contribution in [2.24, 2.45) is 0 Å². The van der Waals surface area contributed by atoms with E-state index in [1.807, 2.05) is 18.2 Å². The summed E-state index contributed by atoms with van der Waals surface area (Å²) in [6, 6.07) is 12.3. The van der Waals surface area contributed by atoms with Crippen LogP contribution in [0.15, 0.2) is 42.5 Å². The number of carboxylic acid groups (broad SMARTS) is 1. The van der Waals surface area contributed by atoms with Gasteiger partial charge in [-0.1, -0.05) is 23.7 Å². The highest BCUT2D eigenvalue weighted by atomic mass is 35.5. The molecule has 1 aliphatic heterocycles. The molecular weight excluding hydrogens is 302 g/mol. The van der Waals surface area contributed by atoms with E-state index in [-0.39, 0.29) is 17.4 Å². The Kier molecular flexibility index (Phi) is 2.63. The van der Waals surface area contributed by atoms with Crippen molar-refractivity contribution < 1.29 is 14.7 Å². The zero-order chi connectivity index (χ0) is 15.5. The minimum Gasteiger partial charge on any atom is -0.478 e. The first-order valence-electron chi connectivity index (χ1n) is 6.97. The number of fused-ring (bicyclic) bond motifs is 2. The highest BCUT2D eigenvalue weighted by Gasteiger charge is 2.65. The summed E-state index contributed by atoms with van der Waals surface area (Å²) < 4.78 is 0. The second-order valence-electron chi connectivity index (χ2n) is 5.80. The van der Waals surface area contributed by atoms with Crippen LogP contribution in [0.5, 0.6) is 0 Å². The summed E-state index contributed by atoms with van der Waals surface area (Å²) in [5, 5.41) is 12.7. The highest BCUT2D eigenvalue weighted by molar-refractivity contribution is 6.30. The molecule has 1 fully saturated rings. The van der Waals surface area contributed by atoms with Crippen molar-refractivity contribution in [1.29, 1.82) is 0 Å². The van der Waals surface area contributed by atoms with Gasteiger partial charge in [0.1, 0.15) is 0 Å². The van der Waals surface area contributed by atoms with Gasteiger partial charge in [-0.2, -0.15) is 0 Å². The molecule has 0 unspecified atom stereocenters. The first-order valence-corrected chi connectivity index (χ1v) is 7.35. The number of hydrogen-bond acceptors (Lipinski definition) is 2. The van der Waals surface area contributed by atoms with Crippen LogP contribution in [-0.2, 0) is 10.2 Å². The van der Waals surface area contributed by atoms with Gasteiger partial charge in [0, 0.05) is 16.6 Å². The topological polar surface area (TPSA) is 66.4 Å². The molecule has 2 N–H and O–H groups in total. The van der Waals surface area contributed by atoms with Crippen molar-refractivity contribution in [1.82, 2.24) is 0 Å². The number of benzene rings is 2. The van der Waals surface area contributed by atoms with Crippen LogP contribution in [-0.4, -0.2) is 17.0 Å². The number of nitrogens with one attached hydrogen (secondary N) is 1. The van der Waals surface area contributed by atoms with E-state index in [2.05, 4.69) is 5.32 Å². The van der Waals surface area contributed by atoms with Crippen LogP contribution < -0.4 is 5.32 Å². The number of carboxylic acids is 1. The Labute approximate surface area is 131 Å². The Hall–Kier alpha value is -2.33. The molecule has 1 spiro atoms. The van der Waals surface area contributed by atoms with Crippen LogP contribution in [0.1, 0.15) is 33.8 Å². The molecule has 0 bridgehead atoms. The number of carbonyl (C=O) groups excluding carboxylic acids is 1. The fourth-order valence-corrected chi connectivity index (χ4v) is 3.65. The van der Waals surface area contributed by atoms with E-state index in [1.165, 1.54) is 6.07 Å². The first kappa shape index (κ1) is 13.3. The number of aromatic carboxylic acids is 1.